The highest BCUT2D eigenvalue weighted by molar-refractivity contribution is 7.13. The highest BCUT2D eigenvalue weighted by atomic mass is 32.1. The van der Waals surface area contributed by atoms with E-state index >= 15 is 0 Å². The summed E-state index contributed by atoms with van der Waals surface area (Å²) in [6, 6.07) is 5.47. The summed E-state index contributed by atoms with van der Waals surface area (Å²) in [7, 11) is 1.58. The van der Waals surface area contributed by atoms with Crippen LogP contribution < -0.4 is 14.8 Å². The Hall–Kier alpha value is -2.94. The molecule has 3 rings (SSSR count). The van der Waals surface area contributed by atoms with Gasteiger partial charge in [0.15, 0.2) is 16.6 Å². The Labute approximate surface area is 160 Å². The van der Waals surface area contributed by atoms with E-state index in [1.165, 1.54) is 11.3 Å². The van der Waals surface area contributed by atoms with Gasteiger partial charge in [-0.25, -0.2) is 4.98 Å². The normalized spacial score (nSPS) is 10.6. The van der Waals surface area contributed by atoms with Crippen LogP contribution in [0.25, 0.3) is 11.4 Å². The molecule has 0 spiro atoms. The summed E-state index contributed by atoms with van der Waals surface area (Å²) in [6.45, 7) is 2.47. The van der Waals surface area contributed by atoms with Gasteiger partial charge < -0.3 is 19.3 Å². The van der Waals surface area contributed by atoms with Crippen LogP contribution in [-0.4, -0.2) is 34.7 Å². The molecule has 2 heterocycles. The van der Waals surface area contributed by atoms with E-state index < -0.39 is 0 Å². The van der Waals surface area contributed by atoms with Crippen molar-refractivity contribution in [2.24, 2.45) is 0 Å². The molecule has 2 aromatic heterocycles. The van der Waals surface area contributed by atoms with Gasteiger partial charge in [0, 0.05) is 30.0 Å². The van der Waals surface area contributed by atoms with Gasteiger partial charge in [-0.05, 0) is 31.5 Å². The monoisotopic (exact) mass is 388 g/mol. The fourth-order valence-corrected chi connectivity index (χ4v) is 2.97. The third-order valence-electron chi connectivity index (χ3n) is 3.66. The third kappa shape index (κ3) is 5.04. The van der Waals surface area contributed by atoms with Crippen LogP contribution in [-0.2, 0) is 11.2 Å². The number of hydrogen-bond acceptors (Lipinski definition) is 8. The minimum Gasteiger partial charge on any atom is -0.493 e. The molecule has 0 unspecified atom stereocenters. The molecule has 0 bridgehead atoms. The predicted octanol–water partition coefficient (Wildman–Crippen LogP) is 3.56. The van der Waals surface area contributed by atoms with E-state index in [2.05, 4.69) is 20.4 Å². The van der Waals surface area contributed by atoms with Crippen LogP contribution >= 0.6 is 11.3 Å². The standard InChI is InChI=1S/C18H20N4O4S/c1-3-25-13-8-7-12(11-14(13)24-2)17-21-16(26-22-17)6-4-5-15(23)20-18-19-9-10-27-18/h7-11H,3-6H2,1-2H3,(H,19,20,23). The maximum absolute atomic E-state index is 11.8. The third-order valence-corrected chi connectivity index (χ3v) is 4.35. The van der Waals surface area contributed by atoms with Crippen molar-refractivity contribution in [2.45, 2.75) is 26.2 Å². The first-order chi connectivity index (χ1) is 13.2. The van der Waals surface area contributed by atoms with Crippen LogP contribution in [0.4, 0.5) is 5.13 Å². The smallest absolute Gasteiger partial charge is 0.226 e. The highest BCUT2D eigenvalue weighted by Crippen LogP contribution is 2.31. The zero-order chi connectivity index (χ0) is 19.1. The van der Waals surface area contributed by atoms with Gasteiger partial charge in [0.25, 0.3) is 0 Å². The van der Waals surface area contributed by atoms with Gasteiger partial charge in [0.05, 0.1) is 13.7 Å². The molecule has 0 aliphatic rings. The summed E-state index contributed by atoms with van der Waals surface area (Å²) in [6.07, 6.45) is 3.13. The van der Waals surface area contributed by atoms with E-state index in [4.69, 9.17) is 14.0 Å². The summed E-state index contributed by atoms with van der Waals surface area (Å²) >= 11 is 1.39. The van der Waals surface area contributed by atoms with Crippen molar-refractivity contribution in [3.63, 3.8) is 0 Å². The van der Waals surface area contributed by atoms with Crippen LogP contribution in [0.3, 0.4) is 0 Å². The number of aryl methyl sites for hydroxylation is 1. The van der Waals surface area contributed by atoms with E-state index in [9.17, 15) is 4.79 Å². The van der Waals surface area contributed by atoms with Crippen molar-refractivity contribution in [1.82, 2.24) is 15.1 Å². The lowest BCUT2D eigenvalue weighted by Crippen LogP contribution is -2.11. The molecule has 8 nitrogen and oxygen atoms in total. The quantitative estimate of drug-likeness (QED) is 0.598. The maximum Gasteiger partial charge on any atom is 0.226 e. The summed E-state index contributed by atoms with van der Waals surface area (Å²) < 4.78 is 16.1. The number of ether oxygens (including phenoxy) is 2. The molecule has 27 heavy (non-hydrogen) atoms. The number of carbonyl (C=O) groups is 1. The van der Waals surface area contributed by atoms with E-state index in [0.717, 1.165) is 5.56 Å². The summed E-state index contributed by atoms with van der Waals surface area (Å²) in [4.78, 5) is 20.3. The van der Waals surface area contributed by atoms with Crippen molar-refractivity contribution in [1.29, 1.82) is 0 Å². The Bertz CT molecular complexity index is 879. The van der Waals surface area contributed by atoms with Gasteiger partial charge in [-0.3, -0.25) is 4.79 Å². The summed E-state index contributed by atoms with van der Waals surface area (Å²) in [5.74, 6) is 2.15. The largest absolute Gasteiger partial charge is 0.493 e. The van der Waals surface area contributed by atoms with Crippen molar-refractivity contribution in [3.8, 4) is 22.9 Å². The number of rotatable bonds is 9. The van der Waals surface area contributed by atoms with E-state index in [1.54, 1.807) is 19.4 Å². The average Bonchev–Trinajstić information content (AvgIpc) is 3.34. The van der Waals surface area contributed by atoms with E-state index in [-0.39, 0.29) is 5.91 Å². The fraction of sp³-hybridized carbons (Fsp3) is 0.333. The van der Waals surface area contributed by atoms with Gasteiger partial charge in [-0.2, -0.15) is 4.98 Å². The Morgan fingerprint density at radius 3 is 2.96 bits per heavy atom. The molecule has 0 saturated heterocycles. The minimum absolute atomic E-state index is 0.0825. The minimum atomic E-state index is -0.0825. The SMILES string of the molecule is CCOc1ccc(-c2noc(CCCC(=O)Nc3nccs3)n2)cc1OC. The fourth-order valence-electron chi connectivity index (χ4n) is 2.42. The van der Waals surface area contributed by atoms with Crippen molar-refractivity contribution < 1.29 is 18.8 Å². The molecular weight excluding hydrogens is 368 g/mol. The molecule has 0 saturated carbocycles. The number of carbonyl (C=O) groups excluding carboxylic acids is 1. The molecule has 142 valence electrons. The Morgan fingerprint density at radius 2 is 2.22 bits per heavy atom. The van der Waals surface area contributed by atoms with Gasteiger partial charge in [-0.15, -0.1) is 11.3 Å². The second-order valence-electron chi connectivity index (χ2n) is 5.55. The number of hydrogen-bond donors (Lipinski definition) is 1. The first kappa shape index (κ1) is 18.8. The first-order valence-corrected chi connectivity index (χ1v) is 9.40. The van der Waals surface area contributed by atoms with Crippen LogP contribution in [0.2, 0.25) is 0 Å². The second kappa shape index (κ2) is 9.13. The molecule has 1 amide bonds. The second-order valence-corrected chi connectivity index (χ2v) is 6.44. The number of nitrogens with one attached hydrogen (secondary N) is 1. The number of methoxy groups -OCH3 is 1. The molecule has 0 aliphatic carbocycles. The number of aromatic nitrogens is 3. The zero-order valence-electron chi connectivity index (χ0n) is 15.1. The van der Waals surface area contributed by atoms with Crippen LogP contribution in [0.1, 0.15) is 25.7 Å². The van der Waals surface area contributed by atoms with Crippen molar-refractivity contribution in [2.75, 3.05) is 19.0 Å². The lowest BCUT2D eigenvalue weighted by molar-refractivity contribution is -0.116. The lowest BCUT2D eigenvalue weighted by Gasteiger charge is -2.09. The molecule has 1 aromatic carbocycles. The van der Waals surface area contributed by atoms with E-state index in [1.807, 2.05) is 24.4 Å². The summed E-state index contributed by atoms with van der Waals surface area (Å²) in [5, 5.41) is 9.16. The first-order valence-electron chi connectivity index (χ1n) is 8.52. The van der Waals surface area contributed by atoms with Gasteiger partial charge in [0.2, 0.25) is 17.6 Å². The molecule has 0 atom stereocenters. The molecule has 1 N–H and O–H groups in total. The van der Waals surface area contributed by atoms with Crippen molar-refractivity contribution >= 4 is 22.4 Å². The Balaban J connectivity index is 1.56. The topological polar surface area (TPSA) is 99.4 Å². The maximum atomic E-state index is 11.8. The Morgan fingerprint density at radius 1 is 1.33 bits per heavy atom. The molecule has 0 radical (unpaired) electrons. The molecular formula is C18H20N4O4S. The number of benzene rings is 1. The highest BCUT2D eigenvalue weighted by Gasteiger charge is 2.13. The van der Waals surface area contributed by atoms with Gasteiger partial charge in [-0.1, -0.05) is 5.16 Å². The van der Waals surface area contributed by atoms with Crippen LogP contribution in [0, 0.1) is 0 Å². The summed E-state index contributed by atoms with van der Waals surface area (Å²) in [5.41, 5.74) is 0.770. The van der Waals surface area contributed by atoms with E-state index in [0.29, 0.717) is 54.2 Å². The lowest BCUT2D eigenvalue weighted by atomic mass is 10.2. The average molecular weight is 388 g/mol. The predicted molar refractivity (Wildman–Crippen MR) is 101 cm³/mol. The Kier molecular flexibility index (Phi) is 6.37. The van der Waals surface area contributed by atoms with Crippen LogP contribution in [0.5, 0.6) is 11.5 Å². The number of amides is 1. The number of nitrogens with zero attached hydrogens (tertiary/aromatic N) is 3. The molecule has 3 aromatic rings. The number of thiazole rings is 1. The zero-order valence-corrected chi connectivity index (χ0v) is 15.9. The molecule has 9 heteroatoms. The number of anilines is 1. The van der Waals surface area contributed by atoms with Gasteiger partial charge in [0.1, 0.15) is 0 Å². The van der Waals surface area contributed by atoms with Crippen molar-refractivity contribution in [3.05, 3.63) is 35.7 Å². The van der Waals surface area contributed by atoms with Crippen LogP contribution in [0.15, 0.2) is 34.3 Å². The van der Waals surface area contributed by atoms with Gasteiger partial charge >= 0.3 is 0 Å². The molecule has 0 aliphatic heterocycles. The molecule has 0 fully saturated rings.